The van der Waals surface area contributed by atoms with Crippen LogP contribution in [0.25, 0.3) is 0 Å². The molecule has 1 fully saturated rings. The van der Waals surface area contributed by atoms with Crippen LogP contribution in [-0.2, 0) is 9.47 Å². The van der Waals surface area contributed by atoms with Crippen molar-refractivity contribution in [2.45, 2.75) is 33.3 Å². The van der Waals surface area contributed by atoms with Crippen molar-refractivity contribution in [3.63, 3.8) is 0 Å². The molecule has 3 atom stereocenters. The zero-order valence-corrected chi connectivity index (χ0v) is 8.38. The van der Waals surface area contributed by atoms with Gasteiger partial charge in [0.2, 0.25) is 0 Å². The van der Waals surface area contributed by atoms with E-state index in [1.807, 2.05) is 6.92 Å². The van der Waals surface area contributed by atoms with Gasteiger partial charge in [0.25, 0.3) is 0 Å². The minimum Gasteiger partial charge on any atom is -0.382 e. The van der Waals surface area contributed by atoms with Gasteiger partial charge >= 0.3 is 0 Å². The van der Waals surface area contributed by atoms with E-state index in [2.05, 4.69) is 13.8 Å². The van der Waals surface area contributed by atoms with Crippen LogP contribution in [0.3, 0.4) is 0 Å². The molecule has 0 aliphatic carbocycles. The molecular weight excluding hydrogens is 152 g/mol. The second kappa shape index (κ2) is 4.83. The Labute approximate surface area is 75.2 Å². The van der Waals surface area contributed by atoms with Crippen molar-refractivity contribution >= 4 is 0 Å². The summed E-state index contributed by atoms with van der Waals surface area (Å²) in [4.78, 5) is 0. The molecule has 1 aliphatic rings. The van der Waals surface area contributed by atoms with Gasteiger partial charge in [-0.1, -0.05) is 13.8 Å². The van der Waals surface area contributed by atoms with Crippen LogP contribution in [0.1, 0.15) is 27.2 Å². The van der Waals surface area contributed by atoms with E-state index in [9.17, 15) is 0 Å². The largest absolute Gasteiger partial charge is 0.382 e. The third-order valence-electron chi connectivity index (χ3n) is 2.81. The van der Waals surface area contributed by atoms with Crippen LogP contribution in [0.4, 0.5) is 0 Å². The Hall–Kier alpha value is -0.0800. The van der Waals surface area contributed by atoms with Gasteiger partial charge in [0.1, 0.15) is 0 Å². The quantitative estimate of drug-likeness (QED) is 0.604. The Morgan fingerprint density at radius 2 is 2.17 bits per heavy atom. The van der Waals surface area contributed by atoms with Crippen molar-refractivity contribution in [2.75, 3.05) is 19.8 Å². The molecule has 0 N–H and O–H groups in total. The molecule has 12 heavy (non-hydrogen) atoms. The molecule has 0 bridgehead atoms. The summed E-state index contributed by atoms with van der Waals surface area (Å²) < 4.78 is 10.9. The molecule has 0 aromatic rings. The Kier molecular flexibility index (Phi) is 4.02. The highest BCUT2D eigenvalue weighted by atomic mass is 16.5. The molecule has 1 rings (SSSR count). The fourth-order valence-electron chi connectivity index (χ4n) is 1.64. The molecule has 0 spiro atoms. The second-order valence-corrected chi connectivity index (χ2v) is 3.69. The van der Waals surface area contributed by atoms with Crippen molar-refractivity contribution < 1.29 is 9.47 Å². The van der Waals surface area contributed by atoms with Crippen LogP contribution in [0.15, 0.2) is 0 Å². The fourth-order valence-corrected chi connectivity index (χ4v) is 1.64. The molecule has 0 saturated carbocycles. The average molecular weight is 172 g/mol. The average Bonchev–Trinajstić information content (AvgIpc) is 2.36. The lowest BCUT2D eigenvalue weighted by molar-refractivity contribution is 0.0502. The van der Waals surface area contributed by atoms with E-state index in [1.165, 1.54) is 0 Å². The summed E-state index contributed by atoms with van der Waals surface area (Å²) in [6.07, 6.45) is 1.49. The molecule has 1 saturated heterocycles. The first kappa shape index (κ1) is 10.0. The highest BCUT2D eigenvalue weighted by molar-refractivity contribution is 4.77. The zero-order valence-electron chi connectivity index (χ0n) is 8.38. The van der Waals surface area contributed by atoms with Gasteiger partial charge in [-0.05, 0) is 25.2 Å². The Morgan fingerprint density at radius 3 is 2.67 bits per heavy atom. The summed E-state index contributed by atoms with van der Waals surface area (Å²) in [6, 6.07) is 0. The molecule has 1 aliphatic heterocycles. The first-order chi connectivity index (χ1) is 5.75. The van der Waals surface area contributed by atoms with Crippen LogP contribution in [0.2, 0.25) is 0 Å². The monoisotopic (exact) mass is 172 g/mol. The molecule has 0 aromatic heterocycles. The van der Waals surface area contributed by atoms with Gasteiger partial charge < -0.3 is 9.47 Å². The SMILES string of the molecule is CCOCCC1OCC(C)[C@@H]1C. The first-order valence-corrected chi connectivity index (χ1v) is 4.95. The van der Waals surface area contributed by atoms with Crippen molar-refractivity contribution in [3.05, 3.63) is 0 Å². The standard InChI is InChI=1S/C10H20O2/c1-4-11-6-5-10-9(3)8(2)7-12-10/h8-10H,4-7H2,1-3H3/t8?,9-,10?/m0/s1. The van der Waals surface area contributed by atoms with E-state index in [4.69, 9.17) is 9.47 Å². The highest BCUT2D eigenvalue weighted by Crippen LogP contribution is 2.27. The van der Waals surface area contributed by atoms with E-state index in [1.54, 1.807) is 0 Å². The highest BCUT2D eigenvalue weighted by Gasteiger charge is 2.29. The Balaban J connectivity index is 2.16. The van der Waals surface area contributed by atoms with Gasteiger partial charge in [0, 0.05) is 19.8 Å². The predicted octanol–water partition coefficient (Wildman–Crippen LogP) is 2.08. The Bertz CT molecular complexity index is 125. The maximum atomic E-state index is 5.64. The minimum absolute atomic E-state index is 0.437. The van der Waals surface area contributed by atoms with Crippen LogP contribution >= 0.6 is 0 Å². The van der Waals surface area contributed by atoms with Gasteiger partial charge in [-0.2, -0.15) is 0 Å². The van der Waals surface area contributed by atoms with Crippen LogP contribution in [0.5, 0.6) is 0 Å². The third kappa shape index (κ3) is 2.46. The fraction of sp³-hybridized carbons (Fsp3) is 1.00. The zero-order chi connectivity index (χ0) is 8.97. The summed E-state index contributed by atoms with van der Waals surface area (Å²) in [6.45, 7) is 9.15. The van der Waals surface area contributed by atoms with Gasteiger partial charge in [0.15, 0.2) is 0 Å². The summed E-state index contributed by atoms with van der Waals surface area (Å²) in [5, 5.41) is 0. The van der Waals surface area contributed by atoms with Crippen LogP contribution < -0.4 is 0 Å². The maximum Gasteiger partial charge on any atom is 0.0626 e. The van der Waals surface area contributed by atoms with Gasteiger partial charge in [-0.15, -0.1) is 0 Å². The molecule has 72 valence electrons. The summed E-state index contributed by atoms with van der Waals surface area (Å²) in [5.41, 5.74) is 0. The summed E-state index contributed by atoms with van der Waals surface area (Å²) >= 11 is 0. The number of hydrogen-bond donors (Lipinski definition) is 0. The normalized spacial score (nSPS) is 35.8. The van der Waals surface area contributed by atoms with E-state index < -0.39 is 0 Å². The molecule has 2 heteroatoms. The van der Waals surface area contributed by atoms with Crippen molar-refractivity contribution in [2.24, 2.45) is 11.8 Å². The number of ether oxygens (including phenoxy) is 2. The third-order valence-corrected chi connectivity index (χ3v) is 2.81. The lowest BCUT2D eigenvalue weighted by atomic mass is 9.93. The lowest BCUT2D eigenvalue weighted by Gasteiger charge is -2.15. The van der Waals surface area contributed by atoms with Crippen molar-refractivity contribution in [1.29, 1.82) is 0 Å². The van der Waals surface area contributed by atoms with Gasteiger partial charge in [0.05, 0.1) is 6.10 Å². The van der Waals surface area contributed by atoms with Crippen molar-refractivity contribution in [3.8, 4) is 0 Å². The van der Waals surface area contributed by atoms with E-state index in [0.717, 1.165) is 32.2 Å². The predicted molar refractivity (Wildman–Crippen MR) is 49.2 cm³/mol. The van der Waals surface area contributed by atoms with Crippen molar-refractivity contribution in [1.82, 2.24) is 0 Å². The summed E-state index contributed by atoms with van der Waals surface area (Å²) in [5.74, 6) is 1.42. The smallest absolute Gasteiger partial charge is 0.0626 e. The van der Waals surface area contributed by atoms with Gasteiger partial charge in [-0.25, -0.2) is 0 Å². The topological polar surface area (TPSA) is 18.5 Å². The summed E-state index contributed by atoms with van der Waals surface area (Å²) in [7, 11) is 0. The Morgan fingerprint density at radius 1 is 1.42 bits per heavy atom. The number of hydrogen-bond acceptors (Lipinski definition) is 2. The van der Waals surface area contributed by atoms with Crippen LogP contribution in [-0.4, -0.2) is 25.9 Å². The minimum atomic E-state index is 0.437. The van der Waals surface area contributed by atoms with Gasteiger partial charge in [-0.3, -0.25) is 0 Å². The molecule has 0 amide bonds. The van der Waals surface area contributed by atoms with E-state index in [-0.39, 0.29) is 0 Å². The maximum absolute atomic E-state index is 5.64. The lowest BCUT2D eigenvalue weighted by Crippen LogP contribution is -2.18. The second-order valence-electron chi connectivity index (χ2n) is 3.69. The molecule has 1 heterocycles. The molecule has 2 unspecified atom stereocenters. The molecule has 0 radical (unpaired) electrons. The van der Waals surface area contributed by atoms with Crippen LogP contribution in [0, 0.1) is 11.8 Å². The molecular formula is C10H20O2. The van der Waals surface area contributed by atoms with E-state index in [0.29, 0.717) is 12.0 Å². The molecule has 2 nitrogen and oxygen atoms in total. The number of rotatable bonds is 4. The molecule has 0 aromatic carbocycles. The van der Waals surface area contributed by atoms with E-state index >= 15 is 0 Å². The first-order valence-electron chi connectivity index (χ1n) is 4.95.